The SMILES string of the molecule is C[C@@H]1C(=O)[C@H](C)[C@H]2C=C[C@@]1([C@H]1CCCC[C@H]1OC(=O)c1ccccc1)O2. The van der Waals surface area contributed by atoms with Gasteiger partial charge in [0, 0.05) is 17.8 Å². The Morgan fingerprint density at radius 3 is 2.65 bits per heavy atom. The maximum Gasteiger partial charge on any atom is 0.338 e. The summed E-state index contributed by atoms with van der Waals surface area (Å²) in [5.74, 6) is -0.332. The second kappa shape index (κ2) is 6.66. The quantitative estimate of drug-likeness (QED) is 0.609. The molecule has 1 aromatic carbocycles. The second-order valence-electron chi connectivity index (χ2n) is 7.91. The first-order valence-electron chi connectivity index (χ1n) is 9.70. The third-order valence-corrected chi connectivity index (χ3v) is 6.48. The van der Waals surface area contributed by atoms with Gasteiger partial charge in [-0.2, -0.15) is 0 Å². The summed E-state index contributed by atoms with van der Waals surface area (Å²) >= 11 is 0. The van der Waals surface area contributed by atoms with Gasteiger partial charge < -0.3 is 9.47 Å². The Morgan fingerprint density at radius 1 is 1.15 bits per heavy atom. The summed E-state index contributed by atoms with van der Waals surface area (Å²) in [4.78, 5) is 25.4. The Kier molecular flexibility index (Phi) is 4.47. The second-order valence-corrected chi connectivity index (χ2v) is 7.91. The lowest BCUT2D eigenvalue weighted by atomic mass is 9.67. The van der Waals surface area contributed by atoms with Crippen LogP contribution in [0, 0.1) is 17.8 Å². The molecule has 0 radical (unpaired) electrons. The summed E-state index contributed by atoms with van der Waals surface area (Å²) in [6.45, 7) is 3.91. The van der Waals surface area contributed by atoms with Gasteiger partial charge in [-0.3, -0.25) is 4.79 Å². The van der Waals surface area contributed by atoms with Crippen molar-refractivity contribution in [3.63, 3.8) is 0 Å². The summed E-state index contributed by atoms with van der Waals surface area (Å²) in [5, 5.41) is 0. The normalized spacial score (nSPS) is 39.0. The Balaban J connectivity index is 1.59. The first kappa shape index (κ1) is 17.5. The van der Waals surface area contributed by atoms with Crippen LogP contribution in [-0.2, 0) is 14.3 Å². The lowest BCUT2D eigenvalue weighted by Gasteiger charge is -2.49. The first-order chi connectivity index (χ1) is 12.5. The molecule has 6 atom stereocenters. The number of ether oxygens (including phenoxy) is 2. The zero-order valence-electron chi connectivity index (χ0n) is 15.4. The molecule has 0 unspecified atom stereocenters. The van der Waals surface area contributed by atoms with Gasteiger partial charge in [-0.25, -0.2) is 4.79 Å². The minimum Gasteiger partial charge on any atom is -0.458 e. The molecule has 1 saturated heterocycles. The van der Waals surface area contributed by atoms with Crippen molar-refractivity contribution in [1.29, 1.82) is 0 Å². The minimum atomic E-state index is -0.629. The predicted molar refractivity (Wildman–Crippen MR) is 97.7 cm³/mol. The van der Waals surface area contributed by atoms with E-state index >= 15 is 0 Å². The molecule has 2 bridgehead atoms. The van der Waals surface area contributed by atoms with Gasteiger partial charge in [0.2, 0.25) is 0 Å². The summed E-state index contributed by atoms with van der Waals surface area (Å²) in [5.41, 5.74) is -0.0625. The Morgan fingerprint density at radius 2 is 1.88 bits per heavy atom. The van der Waals surface area contributed by atoms with Gasteiger partial charge in [-0.05, 0) is 31.4 Å². The maximum atomic E-state index is 12.8. The molecule has 4 heteroatoms. The van der Waals surface area contributed by atoms with Gasteiger partial charge in [0.25, 0.3) is 0 Å². The molecule has 1 aromatic rings. The monoisotopic (exact) mass is 354 g/mol. The van der Waals surface area contributed by atoms with E-state index in [-0.39, 0.29) is 41.7 Å². The fourth-order valence-electron chi connectivity index (χ4n) is 4.92. The molecule has 2 heterocycles. The third kappa shape index (κ3) is 2.71. The fraction of sp³-hybridized carbons (Fsp3) is 0.545. The highest BCUT2D eigenvalue weighted by Crippen LogP contribution is 2.50. The number of Topliss-reactive ketones (excluding diaryl/α,β-unsaturated/α-hetero) is 1. The van der Waals surface area contributed by atoms with Gasteiger partial charge in [0.05, 0.1) is 11.7 Å². The molecule has 0 N–H and O–H groups in total. The van der Waals surface area contributed by atoms with E-state index in [2.05, 4.69) is 6.08 Å². The van der Waals surface area contributed by atoms with Crippen molar-refractivity contribution in [2.75, 3.05) is 0 Å². The summed E-state index contributed by atoms with van der Waals surface area (Å²) in [7, 11) is 0. The standard InChI is InChI=1S/C22H26O4/c1-14-18-12-13-22(26-18,15(2)20(14)23)17-10-6-7-11-19(17)25-21(24)16-8-4-3-5-9-16/h3-5,8-9,12-15,17-19H,6-7,10-11H2,1-2H3/t14-,15-,17+,18-,19-,22-/m1/s1. The maximum absolute atomic E-state index is 12.8. The third-order valence-electron chi connectivity index (χ3n) is 6.48. The molecule has 138 valence electrons. The van der Waals surface area contributed by atoms with E-state index in [0.29, 0.717) is 5.56 Å². The van der Waals surface area contributed by atoms with Crippen molar-refractivity contribution in [2.24, 2.45) is 17.8 Å². The van der Waals surface area contributed by atoms with Crippen molar-refractivity contribution in [2.45, 2.75) is 57.3 Å². The number of ketones is 1. The van der Waals surface area contributed by atoms with Crippen LogP contribution in [0.2, 0.25) is 0 Å². The van der Waals surface area contributed by atoms with Crippen LogP contribution < -0.4 is 0 Å². The summed E-state index contributed by atoms with van der Waals surface area (Å²) in [6.07, 6.45) is 7.60. The van der Waals surface area contributed by atoms with E-state index in [1.807, 2.05) is 38.1 Å². The molecule has 3 aliphatic rings. The van der Waals surface area contributed by atoms with Crippen LogP contribution in [0.5, 0.6) is 0 Å². The zero-order valence-corrected chi connectivity index (χ0v) is 15.4. The highest BCUT2D eigenvalue weighted by molar-refractivity contribution is 5.89. The first-order valence-corrected chi connectivity index (χ1v) is 9.70. The van der Waals surface area contributed by atoms with E-state index in [4.69, 9.17) is 9.47 Å². The number of benzene rings is 1. The highest BCUT2D eigenvalue weighted by atomic mass is 16.6. The van der Waals surface area contributed by atoms with E-state index in [1.54, 1.807) is 12.1 Å². The van der Waals surface area contributed by atoms with E-state index in [9.17, 15) is 9.59 Å². The number of hydrogen-bond donors (Lipinski definition) is 0. The van der Waals surface area contributed by atoms with Gasteiger partial charge in [0.1, 0.15) is 17.5 Å². The molecule has 26 heavy (non-hydrogen) atoms. The van der Waals surface area contributed by atoms with Crippen molar-refractivity contribution in [3.8, 4) is 0 Å². The molecule has 4 rings (SSSR count). The van der Waals surface area contributed by atoms with Gasteiger partial charge >= 0.3 is 5.97 Å². The van der Waals surface area contributed by atoms with Gasteiger partial charge in [-0.1, -0.05) is 50.6 Å². The number of carbonyl (C=O) groups excluding carboxylic acids is 2. The van der Waals surface area contributed by atoms with Crippen LogP contribution in [0.4, 0.5) is 0 Å². The molecule has 1 aliphatic carbocycles. The van der Waals surface area contributed by atoms with Crippen molar-refractivity contribution in [1.82, 2.24) is 0 Å². The van der Waals surface area contributed by atoms with Crippen LogP contribution in [0.1, 0.15) is 49.9 Å². The smallest absolute Gasteiger partial charge is 0.338 e. The highest BCUT2D eigenvalue weighted by Gasteiger charge is 2.58. The van der Waals surface area contributed by atoms with Gasteiger partial charge in [-0.15, -0.1) is 0 Å². The Bertz CT molecular complexity index is 725. The topological polar surface area (TPSA) is 52.6 Å². The van der Waals surface area contributed by atoms with Crippen LogP contribution >= 0.6 is 0 Å². The van der Waals surface area contributed by atoms with Crippen LogP contribution in [0.15, 0.2) is 42.5 Å². The average Bonchev–Trinajstić information content (AvgIpc) is 3.10. The van der Waals surface area contributed by atoms with E-state index < -0.39 is 5.60 Å². The van der Waals surface area contributed by atoms with E-state index in [1.165, 1.54) is 0 Å². The zero-order chi connectivity index (χ0) is 18.3. The van der Waals surface area contributed by atoms with Crippen molar-refractivity contribution >= 4 is 11.8 Å². The lowest BCUT2D eigenvalue weighted by molar-refractivity contribution is -0.182. The molecule has 2 fully saturated rings. The molecular weight excluding hydrogens is 328 g/mol. The number of fused-ring (bicyclic) bond motifs is 2. The molecule has 4 nitrogen and oxygen atoms in total. The number of rotatable bonds is 3. The molecule has 0 spiro atoms. The van der Waals surface area contributed by atoms with Crippen molar-refractivity contribution in [3.05, 3.63) is 48.0 Å². The summed E-state index contributed by atoms with van der Waals surface area (Å²) < 4.78 is 12.3. The predicted octanol–water partition coefficient (Wildman–Crippen LogP) is 3.95. The lowest BCUT2D eigenvalue weighted by Crippen LogP contribution is -2.57. The summed E-state index contributed by atoms with van der Waals surface area (Å²) in [6, 6.07) is 9.10. The molecule has 0 aromatic heterocycles. The van der Waals surface area contributed by atoms with E-state index in [0.717, 1.165) is 25.7 Å². The van der Waals surface area contributed by atoms with Crippen molar-refractivity contribution < 1.29 is 19.1 Å². The fourth-order valence-corrected chi connectivity index (χ4v) is 4.92. The minimum absolute atomic E-state index is 0.0246. The Hall–Kier alpha value is -1.94. The average molecular weight is 354 g/mol. The molecule has 2 aliphatic heterocycles. The van der Waals surface area contributed by atoms with Crippen LogP contribution in [-0.4, -0.2) is 29.6 Å². The molecule has 0 amide bonds. The van der Waals surface area contributed by atoms with Crippen LogP contribution in [0.25, 0.3) is 0 Å². The molecule has 1 saturated carbocycles. The molecular formula is C22H26O4. The number of hydrogen-bond acceptors (Lipinski definition) is 4. The largest absolute Gasteiger partial charge is 0.458 e. The van der Waals surface area contributed by atoms with Crippen LogP contribution in [0.3, 0.4) is 0 Å². The van der Waals surface area contributed by atoms with Gasteiger partial charge in [0.15, 0.2) is 0 Å². The Labute approximate surface area is 154 Å². The number of carbonyl (C=O) groups is 2. The number of esters is 1.